The third-order valence-electron chi connectivity index (χ3n) is 8.19. The van der Waals surface area contributed by atoms with Crippen LogP contribution >= 0.6 is 0 Å². The lowest BCUT2D eigenvalue weighted by Gasteiger charge is -2.10. The van der Waals surface area contributed by atoms with Crippen LogP contribution in [0.1, 0.15) is 16.7 Å². The second kappa shape index (κ2) is 12.1. The average Bonchev–Trinajstić information content (AvgIpc) is 3.09. The van der Waals surface area contributed by atoms with Gasteiger partial charge in [-0.2, -0.15) is 0 Å². The highest BCUT2D eigenvalue weighted by molar-refractivity contribution is 5.73. The van der Waals surface area contributed by atoms with Crippen molar-refractivity contribution in [3.63, 3.8) is 0 Å². The number of aromatic nitrogens is 3. The molecule has 7 rings (SSSR count). The molecule has 1 aromatic heterocycles. The van der Waals surface area contributed by atoms with Gasteiger partial charge in [0, 0.05) is 16.7 Å². The topological polar surface area (TPSA) is 38.7 Å². The van der Waals surface area contributed by atoms with Crippen LogP contribution in [0.25, 0.3) is 67.5 Å². The fraction of sp³-hybridized carbons (Fsp3) is 0.0714. The molecule has 0 aliphatic heterocycles. The molecule has 7 aromatic rings. The van der Waals surface area contributed by atoms with Crippen molar-refractivity contribution >= 4 is 0 Å². The van der Waals surface area contributed by atoms with Gasteiger partial charge >= 0.3 is 0 Å². The molecule has 0 amide bonds. The zero-order valence-electron chi connectivity index (χ0n) is 25.7. The van der Waals surface area contributed by atoms with Crippen LogP contribution in [0.2, 0.25) is 0 Å². The van der Waals surface area contributed by atoms with Crippen LogP contribution in [0, 0.1) is 20.8 Å². The van der Waals surface area contributed by atoms with Crippen LogP contribution in [-0.4, -0.2) is 15.0 Å². The standard InChI is InChI=1S/C42H33N3/c1-28-7-11-31(12-8-28)33-15-21-36(22-16-33)40-43-41(37-23-17-34(18-24-37)32-13-9-29(2)10-14-32)45-42(44-40)38-25-19-35(20-26-38)39-6-4-5-30(3)27-39/h4-27H,1-3H3. The lowest BCUT2D eigenvalue weighted by atomic mass is 10.0. The van der Waals surface area contributed by atoms with Crippen LogP contribution in [0.3, 0.4) is 0 Å². The van der Waals surface area contributed by atoms with Gasteiger partial charge in [0.1, 0.15) is 0 Å². The molecule has 0 N–H and O–H groups in total. The Bertz CT molecular complexity index is 1970. The summed E-state index contributed by atoms with van der Waals surface area (Å²) in [4.78, 5) is 14.9. The molecule has 3 nitrogen and oxygen atoms in total. The van der Waals surface area contributed by atoms with E-state index in [2.05, 4.69) is 166 Å². The molecule has 6 aromatic carbocycles. The van der Waals surface area contributed by atoms with Crippen molar-refractivity contribution in [2.45, 2.75) is 20.8 Å². The predicted molar refractivity (Wildman–Crippen MR) is 187 cm³/mol. The summed E-state index contributed by atoms with van der Waals surface area (Å²) in [6.07, 6.45) is 0. The van der Waals surface area contributed by atoms with Gasteiger partial charge in [0.2, 0.25) is 0 Å². The molecule has 45 heavy (non-hydrogen) atoms. The van der Waals surface area contributed by atoms with Gasteiger partial charge in [-0.15, -0.1) is 0 Å². The van der Waals surface area contributed by atoms with Crippen LogP contribution in [-0.2, 0) is 0 Å². The van der Waals surface area contributed by atoms with E-state index in [9.17, 15) is 0 Å². The Kier molecular flexibility index (Phi) is 7.59. The van der Waals surface area contributed by atoms with E-state index < -0.39 is 0 Å². The number of benzene rings is 6. The predicted octanol–water partition coefficient (Wildman–Crippen LogP) is 10.8. The average molecular weight is 580 g/mol. The largest absolute Gasteiger partial charge is 0.208 e. The molecule has 0 saturated carbocycles. The Morgan fingerprint density at radius 2 is 0.556 bits per heavy atom. The lowest BCUT2D eigenvalue weighted by Crippen LogP contribution is -2.00. The molecule has 0 aliphatic rings. The monoisotopic (exact) mass is 579 g/mol. The SMILES string of the molecule is Cc1ccc(-c2ccc(-c3nc(-c4ccc(-c5ccc(C)cc5)cc4)nc(-c4ccc(-c5cccc(C)c5)cc4)n3)cc2)cc1. The van der Waals surface area contributed by atoms with E-state index in [1.54, 1.807) is 0 Å². The van der Waals surface area contributed by atoms with Gasteiger partial charge in [0.05, 0.1) is 0 Å². The van der Waals surface area contributed by atoms with E-state index in [-0.39, 0.29) is 0 Å². The smallest absolute Gasteiger partial charge is 0.164 e. The van der Waals surface area contributed by atoms with Crippen molar-refractivity contribution in [2.75, 3.05) is 0 Å². The van der Waals surface area contributed by atoms with Crippen LogP contribution in [0.15, 0.2) is 146 Å². The first-order chi connectivity index (χ1) is 22.0. The minimum Gasteiger partial charge on any atom is -0.208 e. The van der Waals surface area contributed by atoms with Crippen LogP contribution in [0.4, 0.5) is 0 Å². The molecule has 1 heterocycles. The molecule has 0 fully saturated rings. The zero-order valence-corrected chi connectivity index (χ0v) is 25.7. The zero-order chi connectivity index (χ0) is 30.8. The minimum absolute atomic E-state index is 0.649. The van der Waals surface area contributed by atoms with E-state index >= 15 is 0 Å². The molecule has 0 bridgehead atoms. The molecular formula is C42H33N3. The Labute approximate surface area is 265 Å². The van der Waals surface area contributed by atoms with Crippen molar-refractivity contribution < 1.29 is 0 Å². The summed E-state index contributed by atoms with van der Waals surface area (Å²) in [5, 5.41) is 0. The molecule has 0 atom stereocenters. The van der Waals surface area contributed by atoms with Gasteiger partial charge in [-0.1, -0.05) is 162 Å². The second-order valence-corrected chi connectivity index (χ2v) is 11.6. The summed E-state index contributed by atoms with van der Waals surface area (Å²) in [7, 11) is 0. The fourth-order valence-corrected chi connectivity index (χ4v) is 5.52. The summed E-state index contributed by atoms with van der Waals surface area (Å²) in [6, 6.07) is 51.1. The van der Waals surface area contributed by atoms with Gasteiger partial charge in [-0.05, 0) is 54.2 Å². The van der Waals surface area contributed by atoms with Gasteiger partial charge in [0.15, 0.2) is 17.5 Å². The van der Waals surface area contributed by atoms with E-state index in [1.165, 1.54) is 33.4 Å². The summed E-state index contributed by atoms with van der Waals surface area (Å²) in [5.74, 6) is 1.95. The first-order valence-corrected chi connectivity index (χ1v) is 15.3. The molecule has 3 heteroatoms. The summed E-state index contributed by atoms with van der Waals surface area (Å²) in [5.41, 5.74) is 13.6. The lowest BCUT2D eigenvalue weighted by molar-refractivity contribution is 1.07. The quantitative estimate of drug-likeness (QED) is 0.197. The van der Waals surface area contributed by atoms with Gasteiger partial charge in [-0.3, -0.25) is 0 Å². The Morgan fingerprint density at radius 1 is 0.267 bits per heavy atom. The number of hydrogen-bond acceptors (Lipinski definition) is 3. The molecule has 216 valence electrons. The highest BCUT2D eigenvalue weighted by atomic mass is 15.0. The summed E-state index contributed by atoms with van der Waals surface area (Å²) >= 11 is 0. The van der Waals surface area contributed by atoms with E-state index in [0.29, 0.717) is 17.5 Å². The Balaban J connectivity index is 1.27. The van der Waals surface area contributed by atoms with Gasteiger partial charge < -0.3 is 0 Å². The van der Waals surface area contributed by atoms with Gasteiger partial charge in [0.25, 0.3) is 0 Å². The van der Waals surface area contributed by atoms with E-state index in [1.807, 2.05) is 0 Å². The molecule has 0 radical (unpaired) electrons. The maximum atomic E-state index is 4.98. The maximum absolute atomic E-state index is 4.98. The maximum Gasteiger partial charge on any atom is 0.164 e. The minimum atomic E-state index is 0.649. The van der Waals surface area contributed by atoms with Crippen molar-refractivity contribution in [1.29, 1.82) is 0 Å². The third-order valence-corrected chi connectivity index (χ3v) is 8.19. The van der Waals surface area contributed by atoms with Crippen molar-refractivity contribution in [3.8, 4) is 67.5 Å². The fourth-order valence-electron chi connectivity index (χ4n) is 5.52. The number of aryl methyl sites for hydroxylation is 3. The molecule has 0 aliphatic carbocycles. The third kappa shape index (κ3) is 6.20. The highest BCUT2D eigenvalue weighted by Gasteiger charge is 2.13. The first kappa shape index (κ1) is 28.1. The van der Waals surface area contributed by atoms with Crippen LogP contribution < -0.4 is 0 Å². The molecule has 0 spiro atoms. The Morgan fingerprint density at radius 3 is 0.889 bits per heavy atom. The molecular weight excluding hydrogens is 546 g/mol. The summed E-state index contributed by atoms with van der Waals surface area (Å²) in [6.45, 7) is 6.33. The number of nitrogens with zero attached hydrogens (tertiary/aromatic N) is 3. The van der Waals surface area contributed by atoms with Crippen molar-refractivity contribution in [2.24, 2.45) is 0 Å². The molecule has 0 unspecified atom stereocenters. The molecule has 0 saturated heterocycles. The number of hydrogen-bond donors (Lipinski definition) is 0. The number of rotatable bonds is 6. The van der Waals surface area contributed by atoms with Crippen LogP contribution in [0.5, 0.6) is 0 Å². The Hall–Kier alpha value is -5.67. The van der Waals surface area contributed by atoms with E-state index in [4.69, 9.17) is 15.0 Å². The highest BCUT2D eigenvalue weighted by Crippen LogP contribution is 2.30. The first-order valence-electron chi connectivity index (χ1n) is 15.3. The second-order valence-electron chi connectivity index (χ2n) is 11.6. The van der Waals surface area contributed by atoms with Crippen molar-refractivity contribution in [3.05, 3.63) is 162 Å². The van der Waals surface area contributed by atoms with E-state index in [0.717, 1.165) is 33.4 Å². The normalized spacial score (nSPS) is 11.0. The van der Waals surface area contributed by atoms with Gasteiger partial charge in [-0.25, -0.2) is 15.0 Å². The summed E-state index contributed by atoms with van der Waals surface area (Å²) < 4.78 is 0. The van der Waals surface area contributed by atoms with Crippen molar-refractivity contribution in [1.82, 2.24) is 15.0 Å².